The van der Waals surface area contributed by atoms with Gasteiger partial charge in [-0.15, -0.1) is 0 Å². The molecule has 0 radical (unpaired) electrons. The number of hydrazine groups is 1. The highest BCUT2D eigenvalue weighted by Crippen LogP contribution is 2.29. The van der Waals surface area contributed by atoms with Gasteiger partial charge in [-0.25, -0.2) is 15.0 Å². The second kappa shape index (κ2) is 4.84. The third-order valence-electron chi connectivity index (χ3n) is 2.32. The molecule has 2 rings (SSSR count). The van der Waals surface area contributed by atoms with Crippen LogP contribution in [0.2, 0.25) is 0 Å². The zero-order valence-electron chi connectivity index (χ0n) is 9.44. The molecular weight excluding hydrogens is 241 g/mol. The summed E-state index contributed by atoms with van der Waals surface area (Å²) in [5.41, 5.74) is 2.79. The van der Waals surface area contributed by atoms with Crippen LogP contribution in [0.15, 0.2) is 28.8 Å². The number of halogens is 1. The molecule has 0 spiro atoms. The molecule has 0 atom stereocenters. The monoisotopic (exact) mass is 251 g/mol. The number of nitrogens with zero attached hydrogens (tertiary/aromatic N) is 1. The van der Waals surface area contributed by atoms with Crippen LogP contribution >= 0.6 is 0 Å². The minimum atomic E-state index is -0.650. The molecule has 0 fully saturated rings. The third kappa shape index (κ3) is 2.03. The summed E-state index contributed by atoms with van der Waals surface area (Å²) in [5.74, 6) is 4.39. The smallest absolute Gasteiger partial charge is 0.345 e. The number of esters is 1. The maximum atomic E-state index is 12.8. The standard InChI is InChI=1S/C11H10FN3O3/c1-17-11(16)8-9(18-15-10(8)14-13)6-2-4-7(12)5-3-6/h2-5H,13H2,1H3,(H,14,15). The van der Waals surface area contributed by atoms with Crippen LogP contribution in [0.5, 0.6) is 0 Å². The third-order valence-corrected chi connectivity index (χ3v) is 2.32. The van der Waals surface area contributed by atoms with Gasteiger partial charge in [0.15, 0.2) is 17.1 Å². The first-order chi connectivity index (χ1) is 8.67. The molecule has 0 unspecified atom stereocenters. The first kappa shape index (κ1) is 12.1. The van der Waals surface area contributed by atoms with E-state index in [1.54, 1.807) is 0 Å². The van der Waals surface area contributed by atoms with Gasteiger partial charge in [0.25, 0.3) is 0 Å². The molecule has 0 saturated carbocycles. The molecule has 0 aliphatic rings. The molecule has 18 heavy (non-hydrogen) atoms. The highest BCUT2D eigenvalue weighted by Gasteiger charge is 2.24. The Bertz CT molecular complexity index is 565. The molecule has 0 saturated heterocycles. The minimum absolute atomic E-state index is 0.0566. The Labute approximate surface area is 101 Å². The van der Waals surface area contributed by atoms with Crippen LogP contribution in [-0.2, 0) is 4.74 Å². The number of anilines is 1. The van der Waals surface area contributed by atoms with Crippen molar-refractivity contribution in [2.75, 3.05) is 12.5 Å². The fraction of sp³-hybridized carbons (Fsp3) is 0.0909. The highest BCUT2D eigenvalue weighted by molar-refractivity contribution is 6.00. The first-order valence-electron chi connectivity index (χ1n) is 4.98. The van der Waals surface area contributed by atoms with Gasteiger partial charge < -0.3 is 14.7 Å². The van der Waals surface area contributed by atoms with Crippen molar-refractivity contribution >= 4 is 11.8 Å². The Balaban J connectivity index is 2.54. The summed E-state index contributed by atoms with van der Waals surface area (Å²) in [6, 6.07) is 5.41. The number of nitrogen functional groups attached to an aromatic ring is 1. The van der Waals surface area contributed by atoms with Crippen molar-refractivity contribution < 1.29 is 18.4 Å². The Kier molecular flexibility index (Phi) is 3.24. The topological polar surface area (TPSA) is 90.4 Å². The Morgan fingerprint density at radius 2 is 2.11 bits per heavy atom. The fourth-order valence-corrected chi connectivity index (χ4v) is 1.48. The summed E-state index contributed by atoms with van der Waals surface area (Å²) < 4.78 is 22.5. The normalized spacial score (nSPS) is 10.2. The van der Waals surface area contributed by atoms with Crippen LogP contribution < -0.4 is 11.3 Å². The lowest BCUT2D eigenvalue weighted by molar-refractivity contribution is 0.0602. The maximum absolute atomic E-state index is 12.8. The molecule has 1 aromatic carbocycles. The van der Waals surface area contributed by atoms with Gasteiger partial charge >= 0.3 is 5.97 Å². The molecule has 0 aliphatic heterocycles. The van der Waals surface area contributed by atoms with E-state index < -0.39 is 11.8 Å². The maximum Gasteiger partial charge on any atom is 0.345 e. The average molecular weight is 251 g/mol. The summed E-state index contributed by atoms with van der Waals surface area (Å²) in [5, 5.41) is 3.60. The zero-order chi connectivity index (χ0) is 13.1. The molecule has 3 N–H and O–H groups in total. The van der Waals surface area contributed by atoms with Gasteiger partial charge in [-0.05, 0) is 24.3 Å². The SMILES string of the molecule is COC(=O)c1c(NN)noc1-c1ccc(F)cc1. The number of hydrogen-bond donors (Lipinski definition) is 2. The van der Waals surface area contributed by atoms with Crippen molar-refractivity contribution in [2.45, 2.75) is 0 Å². The quantitative estimate of drug-likeness (QED) is 0.488. The van der Waals surface area contributed by atoms with Crippen LogP contribution in [0, 0.1) is 5.82 Å². The predicted octanol–water partition coefficient (Wildman–Crippen LogP) is 1.55. The van der Waals surface area contributed by atoms with Crippen molar-refractivity contribution in [3.8, 4) is 11.3 Å². The molecule has 6 nitrogen and oxygen atoms in total. The number of carbonyl (C=O) groups excluding carboxylic acids is 1. The van der Waals surface area contributed by atoms with Crippen LogP contribution in [0.3, 0.4) is 0 Å². The largest absolute Gasteiger partial charge is 0.465 e. The Morgan fingerprint density at radius 1 is 1.44 bits per heavy atom. The average Bonchev–Trinajstić information content (AvgIpc) is 2.82. The van der Waals surface area contributed by atoms with Crippen molar-refractivity contribution in [2.24, 2.45) is 5.84 Å². The number of hydrogen-bond acceptors (Lipinski definition) is 6. The van der Waals surface area contributed by atoms with E-state index in [2.05, 4.69) is 15.3 Å². The Morgan fingerprint density at radius 3 is 2.67 bits per heavy atom. The second-order valence-corrected chi connectivity index (χ2v) is 3.38. The number of ether oxygens (including phenoxy) is 1. The molecule has 1 aromatic heterocycles. The van der Waals surface area contributed by atoms with Crippen molar-refractivity contribution in [1.29, 1.82) is 0 Å². The van der Waals surface area contributed by atoms with E-state index in [1.165, 1.54) is 31.4 Å². The van der Waals surface area contributed by atoms with Gasteiger partial charge in [0.2, 0.25) is 0 Å². The number of benzene rings is 1. The van der Waals surface area contributed by atoms with E-state index >= 15 is 0 Å². The summed E-state index contributed by atoms with van der Waals surface area (Å²) >= 11 is 0. The van der Waals surface area contributed by atoms with Crippen LogP contribution in [0.4, 0.5) is 10.2 Å². The molecular formula is C11H10FN3O3. The van der Waals surface area contributed by atoms with Crippen molar-refractivity contribution in [3.63, 3.8) is 0 Å². The zero-order valence-corrected chi connectivity index (χ0v) is 9.44. The van der Waals surface area contributed by atoms with Gasteiger partial charge in [-0.3, -0.25) is 0 Å². The highest BCUT2D eigenvalue weighted by atomic mass is 19.1. The summed E-state index contributed by atoms with van der Waals surface area (Å²) in [4.78, 5) is 11.6. The second-order valence-electron chi connectivity index (χ2n) is 3.38. The molecule has 2 aromatic rings. The van der Waals surface area contributed by atoms with Crippen molar-refractivity contribution in [1.82, 2.24) is 5.16 Å². The van der Waals surface area contributed by atoms with Gasteiger partial charge in [0.05, 0.1) is 7.11 Å². The lowest BCUT2D eigenvalue weighted by Crippen LogP contribution is -2.12. The number of nitrogens with two attached hydrogens (primary N) is 1. The molecule has 0 bridgehead atoms. The predicted molar refractivity (Wildman–Crippen MR) is 61.0 cm³/mol. The first-order valence-corrected chi connectivity index (χ1v) is 4.98. The summed E-state index contributed by atoms with van der Waals surface area (Å²) in [6.45, 7) is 0. The number of carbonyl (C=O) groups is 1. The number of nitrogens with one attached hydrogen (secondary N) is 1. The molecule has 94 valence electrons. The van der Waals surface area contributed by atoms with E-state index in [1.807, 2.05) is 0 Å². The van der Waals surface area contributed by atoms with E-state index in [-0.39, 0.29) is 17.1 Å². The van der Waals surface area contributed by atoms with E-state index in [0.29, 0.717) is 5.56 Å². The van der Waals surface area contributed by atoms with Gasteiger partial charge in [0, 0.05) is 5.56 Å². The van der Waals surface area contributed by atoms with Crippen LogP contribution in [0.25, 0.3) is 11.3 Å². The molecule has 1 heterocycles. The van der Waals surface area contributed by atoms with E-state index in [0.717, 1.165) is 0 Å². The van der Waals surface area contributed by atoms with Gasteiger partial charge in [-0.1, -0.05) is 5.16 Å². The lowest BCUT2D eigenvalue weighted by Gasteiger charge is -2.01. The van der Waals surface area contributed by atoms with Crippen LogP contribution in [-0.4, -0.2) is 18.2 Å². The summed E-state index contributed by atoms with van der Waals surface area (Å²) in [7, 11) is 1.23. The van der Waals surface area contributed by atoms with E-state index in [9.17, 15) is 9.18 Å². The summed E-state index contributed by atoms with van der Waals surface area (Å²) in [6.07, 6.45) is 0. The minimum Gasteiger partial charge on any atom is -0.465 e. The molecule has 0 aliphatic carbocycles. The Hall–Kier alpha value is -2.41. The van der Waals surface area contributed by atoms with E-state index in [4.69, 9.17) is 10.4 Å². The molecule has 0 amide bonds. The number of aromatic nitrogens is 1. The van der Waals surface area contributed by atoms with Crippen LogP contribution in [0.1, 0.15) is 10.4 Å². The van der Waals surface area contributed by atoms with Crippen molar-refractivity contribution in [3.05, 3.63) is 35.6 Å². The molecule has 7 heteroatoms. The van der Waals surface area contributed by atoms with Gasteiger partial charge in [-0.2, -0.15) is 0 Å². The number of rotatable bonds is 3. The fourth-order valence-electron chi connectivity index (χ4n) is 1.48. The number of methoxy groups -OCH3 is 1. The lowest BCUT2D eigenvalue weighted by atomic mass is 10.1. The van der Waals surface area contributed by atoms with Gasteiger partial charge in [0.1, 0.15) is 5.82 Å².